The number of carbonyl (C=O) groups excluding carboxylic acids is 1. The number of methoxy groups -OCH3 is 2. The lowest BCUT2D eigenvalue weighted by molar-refractivity contribution is -0.123. The van der Waals surface area contributed by atoms with Gasteiger partial charge in [-0.15, -0.1) is 0 Å². The minimum absolute atomic E-state index is 0.212. The van der Waals surface area contributed by atoms with Crippen LogP contribution in [0.4, 0.5) is 18.0 Å². The Hall–Kier alpha value is -1.02. The van der Waals surface area contributed by atoms with Crippen molar-refractivity contribution in [2.24, 2.45) is 0 Å². The summed E-state index contributed by atoms with van der Waals surface area (Å²) in [6, 6.07) is -0.781. The molecule has 17 heavy (non-hydrogen) atoms. The van der Waals surface area contributed by atoms with E-state index in [0.717, 1.165) is 0 Å². The van der Waals surface area contributed by atoms with E-state index in [1.165, 1.54) is 19.1 Å². The molecule has 0 fully saturated rings. The number of hydrogen-bond acceptors (Lipinski definition) is 3. The fourth-order valence-electron chi connectivity index (χ4n) is 1.01. The Labute approximate surface area is 97.9 Å². The van der Waals surface area contributed by atoms with Crippen LogP contribution in [0.5, 0.6) is 0 Å². The largest absolute Gasteiger partial charge is 0.405 e. The molecule has 1 N–H and O–H groups in total. The smallest absolute Gasteiger partial charge is 0.383 e. The number of hydrogen-bond donors (Lipinski definition) is 1. The molecule has 102 valence electrons. The summed E-state index contributed by atoms with van der Waals surface area (Å²) in [6.07, 6.45) is -4.41. The molecule has 0 aromatic carbocycles. The minimum Gasteiger partial charge on any atom is -0.383 e. The van der Waals surface area contributed by atoms with Gasteiger partial charge in [0.1, 0.15) is 6.54 Å². The molecule has 5 nitrogen and oxygen atoms in total. The lowest BCUT2D eigenvalue weighted by Gasteiger charge is -2.22. The molecule has 0 heterocycles. The maximum atomic E-state index is 11.9. The fourth-order valence-corrected chi connectivity index (χ4v) is 1.01. The Bertz CT molecular complexity index is 216. The topological polar surface area (TPSA) is 50.8 Å². The summed E-state index contributed by atoms with van der Waals surface area (Å²) in [7, 11) is 2.89. The maximum absolute atomic E-state index is 11.9. The van der Waals surface area contributed by atoms with Crippen molar-refractivity contribution in [3.05, 3.63) is 0 Å². The van der Waals surface area contributed by atoms with Gasteiger partial charge >= 0.3 is 12.2 Å². The summed E-state index contributed by atoms with van der Waals surface area (Å²) in [6.45, 7) is -0.415. The van der Waals surface area contributed by atoms with Crippen molar-refractivity contribution in [1.82, 2.24) is 10.2 Å². The van der Waals surface area contributed by atoms with Gasteiger partial charge in [0.05, 0.1) is 13.2 Å². The van der Waals surface area contributed by atoms with E-state index < -0.39 is 18.8 Å². The Morgan fingerprint density at radius 2 is 1.65 bits per heavy atom. The number of alkyl halides is 3. The first-order valence-corrected chi connectivity index (χ1v) is 4.98. The highest BCUT2D eigenvalue weighted by molar-refractivity contribution is 5.74. The van der Waals surface area contributed by atoms with Crippen molar-refractivity contribution in [1.29, 1.82) is 0 Å². The second-order valence-corrected chi connectivity index (χ2v) is 3.25. The number of nitrogens with zero attached hydrogens (tertiary/aromatic N) is 1. The summed E-state index contributed by atoms with van der Waals surface area (Å²) in [5, 5.41) is 1.79. The van der Waals surface area contributed by atoms with Gasteiger partial charge in [0.25, 0.3) is 0 Å². The van der Waals surface area contributed by atoms with Gasteiger partial charge in [0.15, 0.2) is 0 Å². The minimum atomic E-state index is -4.41. The van der Waals surface area contributed by atoms with E-state index in [1.54, 1.807) is 5.32 Å². The molecule has 0 bridgehead atoms. The first kappa shape index (κ1) is 16.0. The predicted molar refractivity (Wildman–Crippen MR) is 54.8 cm³/mol. The molecule has 0 unspecified atom stereocenters. The summed E-state index contributed by atoms with van der Waals surface area (Å²) in [5.41, 5.74) is 0. The summed E-state index contributed by atoms with van der Waals surface area (Å²) >= 11 is 0. The molecule has 0 aromatic heterocycles. The second-order valence-electron chi connectivity index (χ2n) is 3.25. The van der Waals surface area contributed by atoms with Gasteiger partial charge < -0.3 is 19.7 Å². The van der Waals surface area contributed by atoms with Crippen LogP contribution in [0.25, 0.3) is 0 Å². The van der Waals surface area contributed by atoms with E-state index in [1.807, 2.05) is 0 Å². The van der Waals surface area contributed by atoms with Gasteiger partial charge in [-0.05, 0) is 0 Å². The number of ether oxygens (including phenoxy) is 2. The Kier molecular flexibility index (Phi) is 7.64. The number of halogens is 3. The second kappa shape index (κ2) is 8.13. The van der Waals surface area contributed by atoms with E-state index in [0.29, 0.717) is 0 Å². The van der Waals surface area contributed by atoms with Crippen LogP contribution in [0.3, 0.4) is 0 Å². The van der Waals surface area contributed by atoms with Crippen LogP contribution in [0, 0.1) is 0 Å². The van der Waals surface area contributed by atoms with E-state index in [9.17, 15) is 18.0 Å². The fraction of sp³-hybridized carbons (Fsp3) is 0.889. The van der Waals surface area contributed by atoms with Crippen LogP contribution in [0.1, 0.15) is 0 Å². The van der Waals surface area contributed by atoms with Gasteiger partial charge in [-0.25, -0.2) is 4.79 Å². The number of nitrogens with one attached hydrogen (secondary N) is 1. The Morgan fingerprint density at radius 3 is 2.00 bits per heavy atom. The molecule has 0 aromatic rings. The quantitative estimate of drug-likeness (QED) is 0.736. The van der Waals surface area contributed by atoms with Crippen molar-refractivity contribution in [2.75, 3.05) is 47.1 Å². The SMILES string of the molecule is COCCN(CCOC)C(=O)NCC(F)(F)F. The van der Waals surface area contributed by atoms with Gasteiger partial charge in [-0.2, -0.15) is 13.2 Å². The van der Waals surface area contributed by atoms with Crippen molar-refractivity contribution in [3.63, 3.8) is 0 Å². The van der Waals surface area contributed by atoms with E-state index in [-0.39, 0.29) is 26.3 Å². The van der Waals surface area contributed by atoms with Crippen LogP contribution >= 0.6 is 0 Å². The van der Waals surface area contributed by atoms with Crippen LogP contribution in [0.2, 0.25) is 0 Å². The summed E-state index contributed by atoms with van der Waals surface area (Å²) in [4.78, 5) is 12.6. The van der Waals surface area contributed by atoms with E-state index in [4.69, 9.17) is 9.47 Å². The monoisotopic (exact) mass is 258 g/mol. The molecule has 0 saturated heterocycles. The lowest BCUT2D eigenvalue weighted by atomic mass is 10.5. The molecule has 0 rings (SSSR count). The number of amides is 2. The van der Waals surface area contributed by atoms with Gasteiger partial charge in [-0.3, -0.25) is 0 Å². The molecule has 8 heteroatoms. The third-order valence-electron chi connectivity index (χ3n) is 1.86. The highest BCUT2D eigenvalue weighted by Gasteiger charge is 2.28. The van der Waals surface area contributed by atoms with Crippen molar-refractivity contribution < 1.29 is 27.4 Å². The van der Waals surface area contributed by atoms with E-state index >= 15 is 0 Å². The number of rotatable bonds is 7. The molecule has 0 radical (unpaired) electrons. The predicted octanol–water partition coefficient (Wildman–Crippen LogP) is 0.853. The van der Waals surface area contributed by atoms with Gasteiger partial charge in [0, 0.05) is 27.3 Å². The molecule has 0 aliphatic heterocycles. The van der Waals surface area contributed by atoms with Gasteiger partial charge in [0.2, 0.25) is 0 Å². The lowest BCUT2D eigenvalue weighted by Crippen LogP contribution is -2.46. The van der Waals surface area contributed by atoms with Crippen LogP contribution in [0.15, 0.2) is 0 Å². The van der Waals surface area contributed by atoms with Crippen molar-refractivity contribution in [3.8, 4) is 0 Å². The third-order valence-corrected chi connectivity index (χ3v) is 1.86. The van der Waals surface area contributed by atoms with Crippen molar-refractivity contribution in [2.45, 2.75) is 6.18 Å². The average Bonchev–Trinajstić information content (AvgIpc) is 2.25. The number of carbonyl (C=O) groups is 1. The molecule has 0 spiro atoms. The first-order chi connectivity index (χ1) is 7.90. The molecule has 0 atom stereocenters. The van der Waals surface area contributed by atoms with Crippen molar-refractivity contribution >= 4 is 6.03 Å². The van der Waals surface area contributed by atoms with Crippen LogP contribution in [-0.4, -0.2) is 64.2 Å². The highest BCUT2D eigenvalue weighted by atomic mass is 19.4. The normalized spacial score (nSPS) is 11.4. The molecule has 2 amide bonds. The zero-order valence-electron chi connectivity index (χ0n) is 9.84. The third kappa shape index (κ3) is 8.75. The average molecular weight is 258 g/mol. The zero-order valence-corrected chi connectivity index (χ0v) is 9.84. The molecule has 0 saturated carbocycles. The first-order valence-electron chi connectivity index (χ1n) is 4.98. The van der Waals surface area contributed by atoms with Crippen LogP contribution < -0.4 is 5.32 Å². The molecular weight excluding hydrogens is 241 g/mol. The molecule has 0 aliphatic carbocycles. The van der Waals surface area contributed by atoms with Crippen LogP contribution in [-0.2, 0) is 9.47 Å². The summed E-state index contributed by atoms with van der Waals surface area (Å²) < 4.78 is 45.2. The van der Waals surface area contributed by atoms with Gasteiger partial charge in [-0.1, -0.05) is 0 Å². The standard InChI is InChI=1S/C9H17F3N2O3/c1-16-5-3-14(4-6-17-2)8(15)13-7-9(10,11)12/h3-7H2,1-2H3,(H,13,15). The highest BCUT2D eigenvalue weighted by Crippen LogP contribution is 2.12. The Balaban J connectivity index is 4.11. The zero-order chi connectivity index (χ0) is 13.3. The molecular formula is C9H17F3N2O3. The number of urea groups is 1. The molecule has 0 aliphatic rings. The van der Waals surface area contributed by atoms with E-state index in [2.05, 4.69) is 0 Å². The summed E-state index contributed by atoms with van der Waals surface area (Å²) in [5.74, 6) is 0. The maximum Gasteiger partial charge on any atom is 0.405 e. The Morgan fingerprint density at radius 1 is 1.18 bits per heavy atom.